The first-order valence-electron chi connectivity index (χ1n) is 12.2. The molecule has 230 valence electrons. The Hall–Kier alpha value is -3.93. The summed E-state index contributed by atoms with van der Waals surface area (Å²) in [5.41, 5.74) is 1.19. The lowest BCUT2D eigenvalue weighted by molar-refractivity contribution is -0.219. The first-order valence-corrected chi connectivity index (χ1v) is 13.6. The van der Waals surface area contributed by atoms with Crippen LogP contribution < -0.4 is 19.7 Å². The van der Waals surface area contributed by atoms with Crippen LogP contribution in [0.2, 0.25) is 0 Å². The van der Waals surface area contributed by atoms with Crippen molar-refractivity contribution in [2.75, 3.05) is 72.0 Å². The third-order valence-electron chi connectivity index (χ3n) is 5.57. The number of hydrogen-bond acceptors (Lipinski definition) is 12. The molecular weight excluding hydrogens is 587 g/mol. The molecule has 13 nitrogen and oxygen atoms in total. The quantitative estimate of drug-likeness (QED) is 0.210. The molecule has 0 radical (unpaired) electrons. The van der Waals surface area contributed by atoms with E-state index in [-0.39, 0.29) is 29.2 Å². The van der Waals surface area contributed by atoms with Crippen molar-refractivity contribution in [3.63, 3.8) is 0 Å². The summed E-state index contributed by atoms with van der Waals surface area (Å²) < 4.78 is 85.5. The Morgan fingerprint density at radius 2 is 1.55 bits per heavy atom. The van der Waals surface area contributed by atoms with Gasteiger partial charge < -0.3 is 34.0 Å². The second-order valence-corrected chi connectivity index (χ2v) is 10.6. The van der Waals surface area contributed by atoms with Crippen molar-refractivity contribution in [3.05, 3.63) is 36.7 Å². The van der Waals surface area contributed by atoms with Gasteiger partial charge in [-0.2, -0.15) is 13.2 Å². The van der Waals surface area contributed by atoms with Gasteiger partial charge in [-0.3, -0.25) is 0 Å². The molecule has 2 aromatic carbocycles. The number of sulfonamides is 1. The van der Waals surface area contributed by atoms with Crippen molar-refractivity contribution in [3.8, 4) is 11.5 Å². The highest BCUT2D eigenvalue weighted by Crippen LogP contribution is 2.37. The SMILES string of the molecule is COCCOc1cc2ncnc(Nc3cc(S(=O)(=O)N(C)OC(=O)C(F)(F)F)ccc3N(C)C)c2cc1OCCOC. The van der Waals surface area contributed by atoms with Crippen molar-refractivity contribution in [2.45, 2.75) is 11.1 Å². The van der Waals surface area contributed by atoms with Gasteiger partial charge in [0.2, 0.25) is 0 Å². The average Bonchev–Trinajstić information content (AvgIpc) is 2.93. The molecule has 3 rings (SSSR count). The molecule has 0 saturated carbocycles. The van der Waals surface area contributed by atoms with Gasteiger partial charge in [-0.25, -0.2) is 23.2 Å². The van der Waals surface area contributed by atoms with E-state index >= 15 is 0 Å². The summed E-state index contributed by atoms with van der Waals surface area (Å²) in [5.74, 6) is -1.66. The number of hydroxylamine groups is 1. The molecule has 0 spiro atoms. The number of alkyl halides is 3. The molecule has 0 saturated heterocycles. The number of carbonyl (C=O) groups excluding carboxylic acids is 1. The zero-order valence-electron chi connectivity index (χ0n) is 23.4. The van der Waals surface area contributed by atoms with Crippen LogP contribution in [0.25, 0.3) is 10.9 Å². The van der Waals surface area contributed by atoms with Gasteiger partial charge in [-0.05, 0) is 28.7 Å². The molecule has 0 bridgehead atoms. The molecule has 1 aromatic heterocycles. The maximum absolute atomic E-state index is 13.0. The van der Waals surface area contributed by atoms with Crippen molar-refractivity contribution >= 4 is 44.1 Å². The van der Waals surface area contributed by atoms with E-state index in [0.717, 1.165) is 6.07 Å². The number of hydrogen-bond donors (Lipinski definition) is 1. The Labute approximate surface area is 240 Å². The summed E-state index contributed by atoms with van der Waals surface area (Å²) >= 11 is 0. The number of nitrogens with zero attached hydrogens (tertiary/aromatic N) is 4. The lowest BCUT2D eigenvalue weighted by Crippen LogP contribution is -2.36. The predicted octanol–water partition coefficient (Wildman–Crippen LogP) is 3.13. The fourth-order valence-corrected chi connectivity index (χ4v) is 4.49. The Morgan fingerprint density at radius 1 is 0.929 bits per heavy atom. The largest absolute Gasteiger partial charge is 0.492 e. The highest BCUT2D eigenvalue weighted by atomic mass is 32.2. The number of nitrogens with one attached hydrogen (secondary N) is 1. The van der Waals surface area contributed by atoms with Crippen molar-refractivity contribution in [1.82, 2.24) is 14.4 Å². The Kier molecular flexibility index (Phi) is 10.7. The van der Waals surface area contributed by atoms with Gasteiger partial charge in [0.25, 0.3) is 10.0 Å². The van der Waals surface area contributed by atoms with Crippen LogP contribution in [0.3, 0.4) is 0 Å². The van der Waals surface area contributed by atoms with Gasteiger partial charge in [0.05, 0.1) is 35.0 Å². The van der Waals surface area contributed by atoms with Gasteiger partial charge in [0.1, 0.15) is 25.4 Å². The van der Waals surface area contributed by atoms with E-state index < -0.39 is 27.1 Å². The topological polar surface area (TPSA) is 142 Å². The minimum Gasteiger partial charge on any atom is -0.487 e. The highest BCUT2D eigenvalue weighted by Gasteiger charge is 2.43. The number of ether oxygens (including phenoxy) is 4. The van der Waals surface area contributed by atoms with Crippen molar-refractivity contribution in [2.24, 2.45) is 0 Å². The Balaban J connectivity index is 2.04. The molecule has 0 atom stereocenters. The van der Waals surface area contributed by atoms with Crippen molar-refractivity contribution in [1.29, 1.82) is 0 Å². The maximum atomic E-state index is 13.0. The van der Waals surface area contributed by atoms with Gasteiger partial charge >= 0.3 is 12.1 Å². The summed E-state index contributed by atoms with van der Waals surface area (Å²) in [5, 5.41) is 3.56. The van der Waals surface area contributed by atoms with E-state index in [0.29, 0.717) is 48.4 Å². The van der Waals surface area contributed by atoms with E-state index in [4.69, 9.17) is 18.9 Å². The zero-order chi connectivity index (χ0) is 31.1. The molecule has 0 fully saturated rings. The van der Waals surface area contributed by atoms with Crippen LogP contribution in [-0.2, 0) is 29.1 Å². The van der Waals surface area contributed by atoms with E-state index in [1.165, 1.54) is 25.6 Å². The highest BCUT2D eigenvalue weighted by molar-refractivity contribution is 7.89. The van der Waals surface area contributed by atoms with Crippen LogP contribution in [0.15, 0.2) is 41.6 Å². The molecule has 0 aliphatic heterocycles. The van der Waals surface area contributed by atoms with Gasteiger partial charge in [0.15, 0.2) is 11.5 Å². The van der Waals surface area contributed by atoms with Crippen molar-refractivity contribution < 1.29 is 50.2 Å². The van der Waals surface area contributed by atoms with Crippen LogP contribution in [0.4, 0.5) is 30.4 Å². The number of anilines is 3. The molecular formula is C25H30F3N5O8S. The number of aromatic nitrogens is 2. The summed E-state index contributed by atoms with van der Waals surface area (Å²) in [7, 11) is 2.47. The fraction of sp³-hybridized carbons (Fsp3) is 0.400. The standard InChI is InChI=1S/C25H30F3N5O8S/c1-32(2)20-7-6-16(42(35,36)33(3)41-24(34)25(26,27)28)12-19(20)31-23-17-13-21(39-10-8-37-4)22(40-11-9-38-5)14-18(17)29-15-30-23/h6-7,12-15H,8-11H2,1-5H3,(H,29,30,31). The molecule has 1 heterocycles. The molecule has 3 aromatic rings. The normalized spacial score (nSPS) is 11.9. The number of carbonyl (C=O) groups is 1. The van der Waals surface area contributed by atoms with Gasteiger partial charge in [0, 0.05) is 46.8 Å². The molecule has 42 heavy (non-hydrogen) atoms. The summed E-state index contributed by atoms with van der Waals surface area (Å²) in [4.78, 5) is 25.1. The lowest BCUT2D eigenvalue weighted by Gasteiger charge is -2.22. The minimum absolute atomic E-state index is 0.147. The van der Waals surface area contributed by atoms with Crippen LogP contribution in [0, 0.1) is 0 Å². The fourth-order valence-electron chi connectivity index (χ4n) is 3.52. The van der Waals surface area contributed by atoms with Gasteiger partial charge in [-0.1, -0.05) is 0 Å². The molecule has 0 aliphatic carbocycles. The smallest absolute Gasteiger partial charge is 0.487 e. The van der Waals surface area contributed by atoms with E-state index in [1.807, 2.05) is 0 Å². The second kappa shape index (κ2) is 13.8. The molecule has 0 aliphatic rings. The number of rotatable bonds is 14. The molecule has 0 amide bonds. The zero-order valence-corrected chi connectivity index (χ0v) is 24.2. The predicted molar refractivity (Wildman–Crippen MR) is 145 cm³/mol. The summed E-state index contributed by atoms with van der Waals surface area (Å²) in [6.45, 7) is 1.12. The third kappa shape index (κ3) is 7.87. The van der Waals surface area contributed by atoms with Gasteiger partial charge in [-0.15, -0.1) is 0 Å². The minimum atomic E-state index is -5.39. The molecule has 0 unspecified atom stereocenters. The number of fused-ring (bicyclic) bond motifs is 1. The summed E-state index contributed by atoms with van der Waals surface area (Å²) in [6, 6.07) is 7.07. The van der Waals surface area contributed by atoms with Crippen LogP contribution >= 0.6 is 0 Å². The number of halogens is 3. The lowest BCUT2D eigenvalue weighted by atomic mass is 10.2. The van der Waals surface area contributed by atoms with E-state index in [9.17, 15) is 26.4 Å². The second-order valence-electron chi connectivity index (χ2n) is 8.71. The molecule has 17 heteroatoms. The Morgan fingerprint density at radius 3 is 2.12 bits per heavy atom. The monoisotopic (exact) mass is 617 g/mol. The number of methoxy groups -OCH3 is 2. The van der Waals surface area contributed by atoms with E-state index in [1.54, 1.807) is 38.2 Å². The molecule has 1 N–H and O–H groups in total. The van der Waals surface area contributed by atoms with Crippen LogP contribution in [0.1, 0.15) is 0 Å². The van der Waals surface area contributed by atoms with Crippen LogP contribution in [-0.4, -0.2) is 96.8 Å². The number of benzene rings is 2. The van der Waals surface area contributed by atoms with Crippen LogP contribution in [0.5, 0.6) is 11.5 Å². The third-order valence-corrected chi connectivity index (χ3v) is 7.17. The maximum Gasteiger partial charge on any atom is 0.492 e. The Bertz CT molecular complexity index is 1510. The summed E-state index contributed by atoms with van der Waals surface area (Å²) in [6.07, 6.45) is -4.10. The average molecular weight is 618 g/mol. The van der Waals surface area contributed by atoms with E-state index in [2.05, 4.69) is 20.1 Å². The first-order chi connectivity index (χ1) is 19.8. The first kappa shape index (κ1) is 32.6.